The maximum atomic E-state index is 9.80. The summed E-state index contributed by atoms with van der Waals surface area (Å²) in [5, 5.41) is 5.57. The van der Waals surface area contributed by atoms with Crippen LogP contribution in [0, 0.1) is 0 Å². The van der Waals surface area contributed by atoms with Gasteiger partial charge in [-0.15, -0.1) is 0 Å². The molecule has 0 saturated heterocycles. The van der Waals surface area contributed by atoms with Crippen LogP contribution in [0.5, 0.6) is 0 Å². The molecule has 0 rings (SSSR count). The summed E-state index contributed by atoms with van der Waals surface area (Å²) in [5.41, 5.74) is 0.856. The maximum absolute atomic E-state index is 9.80. The van der Waals surface area contributed by atoms with Crippen LogP contribution in [0.3, 0.4) is 0 Å². The zero-order valence-electron chi connectivity index (χ0n) is 6.31. The van der Waals surface area contributed by atoms with Crippen molar-refractivity contribution in [1.29, 1.82) is 0 Å². The number of rotatable bonds is 6. The largest absolute Gasteiger partial charge is 0.387 e. The van der Waals surface area contributed by atoms with Gasteiger partial charge in [0.1, 0.15) is 0 Å². The van der Waals surface area contributed by atoms with Crippen LogP contribution in [-0.4, -0.2) is 19.5 Å². The Hall–Kier alpha value is -0.990. The lowest BCUT2D eigenvalue weighted by Gasteiger charge is -2.05. The number of nitrogens with one attached hydrogen (secondary N) is 2. The Morgan fingerprint density at radius 3 is 2.90 bits per heavy atom. The Morgan fingerprint density at radius 2 is 2.40 bits per heavy atom. The first-order valence-corrected chi connectivity index (χ1v) is 3.40. The van der Waals surface area contributed by atoms with Crippen molar-refractivity contribution in [2.45, 2.75) is 13.3 Å². The molecule has 0 aromatic carbocycles. The van der Waals surface area contributed by atoms with E-state index in [-0.39, 0.29) is 0 Å². The molecule has 0 aliphatic heterocycles. The van der Waals surface area contributed by atoms with Crippen LogP contribution >= 0.6 is 0 Å². The van der Waals surface area contributed by atoms with Crippen LogP contribution in [0.4, 0.5) is 0 Å². The maximum Gasteiger partial charge on any atom is 0.207 e. The fourth-order valence-electron chi connectivity index (χ4n) is 0.529. The summed E-state index contributed by atoms with van der Waals surface area (Å²) in [6, 6.07) is 0. The average Bonchev–Trinajstić information content (AvgIpc) is 1.97. The number of hydrogen-bond acceptors (Lipinski definition) is 2. The topological polar surface area (TPSA) is 41.1 Å². The van der Waals surface area contributed by atoms with E-state index in [9.17, 15) is 4.79 Å². The Bertz CT molecular complexity index is 112. The highest BCUT2D eigenvalue weighted by molar-refractivity contribution is 5.46. The van der Waals surface area contributed by atoms with E-state index in [1.54, 1.807) is 0 Å². The third kappa shape index (κ3) is 5.15. The molecule has 58 valence electrons. The van der Waals surface area contributed by atoms with Crippen molar-refractivity contribution >= 4 is 6.41 Å². The van der Waals surface area contributed by atoms with E-state index in [4.69, 9.17) is 0 Å². The lowest BCUT2D eigenvalue weighted by atomic mass is 10.4. The quantitative estimate of drug-likeness (QED) is 0.522. The molecule has 0 heterocycles. The molecule has 0 aromatic rings. The molecule has 3 nitrogen and oxygen atoms in total. The van der Waals surface area contributed by atoms with E-state index in [0.29, 0.717) is 13.0 Å². The van der Waals surface area contributed by atoms with Gasteiger partial charge >= 0.3 is 0 Å². The van der Waals surface area contributed by atoms with Gasteiger partial charge in [0.05, 0.1) is 6.54 Å². The molecule has 0 fully saturated rings. The second-order valence-electron chi connectivity index (χ2n) is 2.03. The number of carbonyl (C=O) groups excluding carboxylic acids is 1. The van der Waals surface area contributed by atoms with Gasteiger partial charge in [0.25, 0.3) is 0 Å². The normalized spacial score (nSPS) is 8.50. The van der Waals surface area contributed by atoms with Gasteiger partial charge in [-0.25, -0.2) is 0 Å². The molecule has 0 atom stereocenters. The first kappa shape index (κ1) is 9.01. The molecule has 0 aliphatic carbocycles. The molecular weight excluding hydrogens is 128 g/mol. The molecule has 0 bridgehead atoms. The zero-order valence-corrected chi connectivity index (χ0v) is 6.31. The highest BCUT2D eigenvalue weighted by Gasteiger charge is 1.87. The summed E-state index contributed by atoms with van der Waals surface area (Å²) < 4.78 is 0. The van der Waals surface area contributed by atoms with Crippen LogP contribution in [-0.2, 0) is 4.79 Å². The molecule has 3 heteroatoms. The van der Waals surface area contributed by atoms with E-state index in [1.165, 1.54) is 0 Å². The van der Waals surface area contributed by atoms with Crippen LogP contribution in [0.25, 0.3) is 0 Å². The van der Waals surface area contributed by atoms with Gasteiger partial charge in [-0.05, 0) is 6.42 Å². The molecule has 0 radical (unpaired) electrons. The predicted molar refractivity (Wildman–Crippen MR) is 41.5 cm³/mol. The van der Waals surface area contributed by atoms with Gasteiger partial charge in [0, 0.05) is 12.2 Å². The molecule has 0 unspecified atom stereocenters. The van der Waals surface area contributed by atoms with Crippen LogP contribution < -0.4 is 10.6 Å². The minimum Gasteiger partial charge on any atom is -0.387 e. The fourth-order valence-corrected chi connectivity index (χ4v) is 0.529. The minimum atomic E-state index is 0.517. The summed E-state index contributed by atoms with van der Waals surface area (Å²) in [5.74, 6) is 0. The first-order chi connectivity index (χ1) is 4.81. The van der Waals surface area contributed by atoms with Crippen molar-refractivity contribution in [2.24, 2.45) is 0 Å². The van der Waals surface area contributed by atoms with Crippen molar-refractivity contribution in [3.05, 3.63) is 12.3 Å². The Kier molecular flexibility index (Phi) is 5.53. The van der Waals surface area contributed by atoms with Gasteiger partial charge in [0.2, 0.25) is 6.41 Å². The summed E-state index contributed by atoms with van der Waals surface area (Å²) in [7, 11) is 0. The molecule has 0 aliphatic rings. The van der Waals surface area contributed by atoms with Crippen molar-refractivity contribution in [1.82, 2.24) is 10.6 Å². The van der Waals surface area contributed by atoms with E-state index < -0.39 is 0 Å². The third-order valence-corrected chi connectivity index (χ3v) is 1.02. The standard InChI is InChI=1S/C7H14N2O/c1-3-4-9-7(2)5-8-6-10/h6,9H,2-5H2,1H3,(H,8,10). The van der Waals surface area contributed by atoms with Gasteiger partial charge in [0.15, 0.2) is 0 Å². The number of hydrogen-bond donors (Lipinski definition) is 2. The Labute approximate surface area is 61.5 Å². The molecular formula is C7H14N2O. The minimum absolute atomic E-state index is 0.517. The molecule has 1 amide bonds. The summed E-state index contributed by atoms with van der Waals surface area (Å²) in [6.07, 6.45) is 1.74. The monoisotopic (exact) mass is 142 g/mol. The van der Waals surface area contributed by atoms with Crippen molar-refractivity contribution < 1.29 is 4.79 Å². The summed E-state index contributed by atoms with van der Waals surface area (Å²) >= 11 is 0. The smallest absolute Gasteiger partial charge is 0.207 e. The molecule has 2 N–H and O–H groups in total. The zero-order chi connectivity index (χ0) is 7.82. The van der Waals surface area contributed by atoms with Crippen molar-refractivity contribution in [3.8, 4) is 0 Å². The van der Waals surface area contributed by atoms with Crippen molar-refractivity contribution in [2.75, 3.05) is 13.1 Å². The lowest BCUT2D eigenvalue weighted by molar-refractivity contribution is -0.109. The summed E-state index contributed by atoms with van der Waals surface area (Å²) in [4.78, 5) is 9.80. The first-order valence-electron chi connectivity index (χ1n) is 3.40. The fraction of sp³-hybridized carbons (Fsp3) is 0.571. The molecule has 0 spiro atoms. The van der Waals surface area contributed by atoms with E-state index >= 15 is 0 Å². The SMILES string of the molecule is C=C(CNC=O)NCCC. The Morgan fingerprint density at radius 1 is 1.70 bits per heavy atom. The highest BCUT2D eigenvalue weighted by atomic mass is 16.1. The third-order valence-electron chi connectivity index (χ3n) is 1.02. The second kappa shape index (κ2) is 6.13. The van der Waals surface area contributed by atoms with Gasteiger partial charge in [-0.3, -0.25) is 4.79 Å². The van der Waals surface area contributed by atoms with Crippen molar-refractivity contribution in [3.63, 3.8) is 0 Å². The highest BCUT2D eigenvalue weighted by Crippen LogP contribution is 1.80. The summed E-state index contributed by atoms with van der Waals surface area (Å²) in [6.45, 7) is 7.21. The van der Waals surface area contributed by atoms with E-state index in [2.05, 4.69) is 24.1 Å². The average molecular weight is 142 g/mol. The van der Waals surface area contributed by atoms with E-state index in [1.807, 2.05) is 0 Å². The van der Waals surface area contributed by atoms with Gasteiger partial charge in [-0.1, -0.05) is 13.5 Å². The predicted octanol–water partition coefficient (Wildman–Crippen LogP) is 0.246. The Balaban J connectivity index is 3.16. The number of amides is 1. The van der Waals surface area contributed by atoms with Gasteiger partial charge in [-0.2, -0.15) is 0 Å². The van der Waals surface area contributed by atoms with Gasteiger partial charge < -0.3 is 10.6 Å². The molecule has 10 heavy (non-hydrogen) atoms. The second-order valence-corrected chi connectivity index (χ2v) is 2.03. The number of carbonyl (C=O) groups is 1. The van der Waals surface area contributed by atoms with Crippen LogP contribution in [0.2, 0.25) is 0 Å². The van der Waals surface area contributed by atoms with Crippen LogP contribution in [0.15, 0.2) is 12.3 Å². The molecule has 0 aromatic heterocycles. The lowest BCUT2D eigenvalue weighted by Crippen LogP contribution is -2.23. The molecule has 0 saturated carbocycles. The van der Waals surface area contributed by atoms with E-state index in [0.717, 1.165) is 18.7 Å². The van der Waals surface area contributed by atoms with Crippen LogP contribution in [0.1, 0.15) is 13.3 Å².